The molecule has 16 aromatic rings. The van der Waals surface area contributed by atoms with E-state index in [4.69, 9.17) is 27.5 Å². The van der Waals surface area contributed by atoms with Gasteiger partial charge in [0.2, 0.25) is 0 Å². The van der Waals surface area contributed by atoms with Crippen LogP contribution in [-0.2, 0) is 5.41 Å². The number of ether oxygens (including phenoxy) is 1. The van der Waals surface area contributed by atoms with Gasteiger partial charge in [0.25, 0.3) is 6.33 Å². The van der Waals surface area contributed by atoms with E-state index in [1.165, 1.54) is 53.1 Å². The predicted octanol–water partition coefficient (Wildman–Crippen LogP) is 19.6. The van der Waals surface area contributed by atoms with Gasteiger partial charge in [-0.15, -0.1) is 0 Å². The zero-order chi connectivity index (χ0) is 98.6. The molecule has 6 heteroatoms. The minimum Gasteiger partial charge on any atom is -0.458 e. The van der Waals surface area contributed by atoms with Gasteiger partial charge in [0.05, 0.1) is 78.7 Å². The molecule has 3 heterocycles. The molecule has 0 N–H and O–H groups in total. The van der Waals surface area contributed by atoms with Crippen LogP contribution in [0.3, 0.4) is 0 Å². The van der Waals surface area contributed by atoms with Crippen LogP contribution in [0.25, 0.3) is 106 Å². The molecule has 0 saturated heterocycles. The first-order valence-corrected chi connectivity index (χ1v) is 31.9. The van der Waals surface area contributed by atoms with Crippen LogP contribution in [0.4, 0.5) is 0 Å². The zero-order valence-corrected chi connectivity index (χ0v) is 51.9. The molecular weight excluding hydrogens is 1180 g/mol. The van der Waals surface area contributed by atoms with Gasteiger partial charge in [0.1, 0.15) is 17.3 Å². The molecule has 16 rings (SSSR count). The van der Waals surface area contributed by atoms with Gasteiger partial charge in [-0.3, -0.25) is 13.7 Å². The number of fused-ring (bicyclic) bond motifs is 4. The Morgan fingerprint density at radius 1 is 0.458 bits per heavy atom. The van der Waals surface area contributed by atoms with Crippen LogP contribution in [-0.4, -0.2) is 22.2 Å². The summed E-state index contributed by atoms with van der Waals surface area (Å²) in [6.07, 6.45) is 4.94. The van der Waals surface area contributed by atoms with Gasteiger partial charge >= 0.3 is 0 Å². The van der Waals surface area contributed by atoms with E-state index in [0.717, 1.165) is 50.7 Å². The fourth-order valence-electron chi connectivity index (χ4n) is 12.2. The van der Waals surface area contributed by atoms with Crippen LogP contribution in [0.2, 0.25) is 0 Å². The van der Waals surface area contributed by atoms with Crippen molar-refractivity contribution in [1.29, 1.82) is 0 Å². The minimum atomic E-state index is -7.10. The van der Waals surface area contributed by atoms with Gasteiger partial charge < -0.3 is 4.74 Å². The van der Waals surface area contributed by atoms with Crippen LogP contribution in [0.1, 0.15) is 90.9 Å². The minimum absolute atomic E-state index is 0.00868. The molecule has 0 aliphatic carbocycles. The summed E-state index contributed by atoms with van der Waals surface area (Å²) in [7, 11) is -7.10. The Hall–Kier alpha value is -11.7. The first-order chi connectivity index (χ1) is 63.2. The molecule has 0 bridgehead atoms. The molecule has 96 heavy (non-hydrogen) atoms. The van der Waals surface area contributed by atoms with Crippen molar-refractivity contribution in [3.8, 4) is 84.3 Å². The Morgan fingerprint density at radius 3 is 1.61 bits per heavy atom. The van der Waals surface area contributed by atoms with Crippen molar-refractivity contribution in [2.24, 2.45) is 0 Å². The van der Waals surface area contributed by atoms with Gasteiger partial charge in [0, 0.05) is 31.3 Å². The number of aromatic nitrogens is 4. The molecule has 3 aromatic heterocycles. The average molecular weight is 1290 g/mol. The second-order valence-electron chi connectivity index (χ2n) is 23.2. The lowest BCUT2D eigenvalue weighted by Gasteiger charge is -2.37. The van der Waals surface area contributed by atoms with Crippen LogP contribution < -0.4 is 30.1 Å². The zero-order valence-electron chi connectivity index (χ0n) is 89.9. The summed E-state index contributed by atoms with van der Waals surface area (Å²) in [6.45, 7) is -0.145. The maximum absolute atomic E-state index is 11.0. The molecular formula is C90H70N4OSi. The fourth-order valence-corrected chi connectivity index (χ4v) is 16.2. The van der Waals surface area contributed by atoms with E-state index in [2.05, 4.69) is 27.1 Å². The SMILES string of the molecule is [2H]c1c([2H])c([2H])c(-c2cc(-c3c([2H])c(-c4c([2H])c([2H])c([2H])c([2H])c4[2H])c([2H])c(-c4c([2H])c([2H])c([2H])c([2H])c4[2H])c3[2H])c(-[n+]3[c-]n(-c4cccc(Oc5ccc6c7ccccc7n(-c7cc(C(C)(C)C)ccn7)c6c5)c4)c4cc(-c5c(C([2H])([2H])[2H])cccc5C([2H])([2H])[2H])ccc43)c([Si](c3c([2H])c([2H])c([2H])c([2H])c3[2H])(c3c([2H])c([2H])c([2H])c([2H])c3[2H])c3c([2H])c([2H])c([2H])c([2H])c3[2H])c2)c([2H])c1[2H]. The number of imidazole rings is 1. The molecule has 0 aliphatic heterocycles. The van der Waals surface area contributed by atoms with E-state index in [-0.39, 0.29) is 33.7 Å². The molecule has 5 nitrogen and oxygen atoms in total. The number of rotatable bonds is 14. The standard InChI is InChI=1S/C90H70N4OSi/c1-62-28-26-29-63(2)88(62)67-46-49-83-85(56-67)92(73-36-27-37-74(59-73)95-75-47-48-80-79-44-24-25-45-82(79)94(84(80)60-75)87-58-72(50-51-91-87)90(3,4)5)61-93(83)89-81(71-53-68(64-30-12-6-13-31-64)52-69(54-71)65-32-14-7-15-33-65)55-70(66-34-16-8-17-35-66)57-86(89)96(76-38-18-9-19-39-76,77-40-20-10-21-41-77)78-42-22-11-23-43-78/h6-60H,1-5H3/i1D3,2D3,6D,7D,8D,9D,10D,11D,12D,13D,14D,15D,16D,17D,18D,19D,20D,21D,22D,23D,30D,31D,32D,33D,34D,35D,38D,39D,40D,41D,42D,43D,52D,53D,54D. The average Bonchev–Trinajstić information content (AvgIpc) is 1.26. The van der Waals surface area contributed by atoms with Gasteiger partial charge in [-0.25, -0.2) is 4.98 Å². The number of para-hydroxylation sites is 1. The lowest BCUT2D eigenvalue weighted by Crippen LogP contribution is -2.76. The predicted molar refractivity (Wildman–Crippen MR) is 401 cm³/mol. The number of benzene rings is 13. The van der Waals surface area contributed by atoms with Crippen LogP contribution >= 0.6 is 0 Å². The highest BCUT2D eigenvalue weighted by Crippen LogP contribution is 2.41. The first kappa shape index (κ1) is 30.6. The number of nitrogens with zero attached hydrogens (tertiary/aromatic N) is 4. The Balaban J connectivity index is 1.21. The second-order valence-corrected chi connectivity index (χ2v) is 26.7. The third-order valence-corrected chi connectivity index (χ3v) is 20.7. The first-order valence-electron chi connectivity index (χ1n) is 49.4. The fraction of sp³-hybridized carbons (Fsp3) is 0.0667. The molecule has 0 radical (unpaired) electrons. The van der Waals surface area contributed by atoms with Gasteiger partial charge in [-0.05, 0) is 191 Å². The van der Waals surface area contributed by atoms with E-state index in [1.54, 1.807) is 18.3 Å². The third-order valence-electron chi connectivity index (χ3n) is 16.5. The summed E-state index contributed by atoms with van der Waals surface area (Å²) in [4.78, 5) is 4.83. The second kappa shape index (κ2) is 24.6. The highest BCUT2D eigenvalue weighted by molar-refractivity contribution is 7.20. The highest BCUT2D eigenvalue weighted by atomic mass is 28.3. The van der Waals surface area contributed by atoms with Gasteiger partial charge in [0.15, 0.2) is 8.07 Å². The van der Waals surface area contributed by atoms with Crippen LogP contribution in [0, 0.1) is 20.0 Å². The van der Waals surface area contributed by atoms with Crippen molar-refractivity contribution in [2.45, 2.75) is 39.9 Å². The Kier molecular flexibility index (Phi) is 7.85. The van der Waals surface area contributed by atoms with E-state index in [9.17, 15) is 35.6 Å². The van der Waals surface area contributed by atoms with Crippen LogP contribution in [0.5, 0.6) is 11.5 Å². The number of pyridine rings is 1. The smallest absolute Gasteiger partial charge is 0.269 e. The Bertz CT molecular complexity index is 7440. The van der Waals surface area contributed by atoms with Gasteiger partial charge in [-0.1, -0.05) is 263 Å². The molecule has 0 saturated carbocycles. The number of hydrogen-bond donors (Lipinski definition) is 0. The van der Waals surface area contributed by atoms with Crippen LogP contribution in [0.15, 0.2) is 333 Å². The van der Waals surface area contributed by atoms with Crippen molar-refractivity contribution < 1.29 is 62.8 Å². The highest BCUT2D eigenvalue weighted by Gasteiger charge is 2.44. The van der Waals surface area contributed by atoms with Crippen molar-refractivity contribution in [1.82, 2.24) is 14.1 Å². The van der Waals surface area contributed by atoms with Crippen molar-refractivity contribution in [3.05, 3.63) is 356 Å². The molecule has 0 atom stereocenters. The maximum atomic E-state index is 11.0. The van der Waals surface area contributed by atoms with E-state index < -0.39 is 314 Å². The van der Waals surface area contributed by atoms with E-state index in [1.807, 2.05) is 47.0 Å². The maximum Gasteiger partial charge on any atom is 0.269 e. The third kappa shape index (κ3) is 10.7. The Labute approximate surface area is 617 Å². The molecule has 0 fully saturated rings. The van der Waals surface area contributed by atoms with E-state index >= 15 is 0 Å². The lowest BCUT2D eigenvalue weighted by atomic mass is 9.88. The molecule has 0 aliphatic rings. The quantitative estimate of drug-likeness (QED) is 0.0471. The molecule has 13 aromatic carbocycles. The van der Waals surface area contributed by atoms with Gasteiger partial charge in [-0.2, -0.15) is 0 Å². The monoisotopic (exact) mass is 1290 g/mol. The van der Waals surface area contributed by atoms with Crippen molar-refractivity contribution >= 4 is 61.7 Å². The van der Waals surface area contributed by atoms with E-state index in [0.29, 0.717) is 11.3 Å². The largest absolute Gasteiger partial charge is 0.458 e. The lowest BCUT2D eigenvalue weighted by molar-refractivity contribution is -0.570. The summed E-state index contributed by atoms with van der Waals surface area (Å²) in [5, 5.41) is -3.33. The number of hydrogen-bond acceptors (Lipinski definition) is 2. The summed E-state index contributed by atoms with van der Waals surface area (Å²) >= 11 is 0. The summed E-state index contributed by atoms with van der Waals surface area (Å²) < 4.78 is 386. The summed E-state index contributed by atoms with van der Waals surface area (Å²) in [5.41, 5.74) is -10.1. The summed E-state index contributed by atoms with van der Waals surface area (Å²) in [6, 6.07) is -10.2. The molecule has 0 spiro atoms. The van der Waals surface area contributed by atoms with Crippen molar-refractivity contribution in [2.75, 3.05) is 0 Å². The molecule has 0 unspecified atom stereocenters. The molecule has 0 amide bonds. The normalized spacial score (nSPS) is 17.8. The van der Waals surface area contributed by atoms with Crippen molar-refractivity contribution in [3.63, 3.8) is 0 Å². The Morgan fingerprint density at radius 2 is 1.01 bits per heavy atom. The number of aryl methyl sites for hydroxylation is 2. The molecule has 460 valence electrons. The topological polar surface area (TPSA) is 35.9 Å². The summed E-state index contributed by atoms with van der Waals surface area (Å²) in [5.74, 6) is 0.728.